The van der Waals surface area contributed by atoms with Gasteiger partial charge in [-0.25, -0.2) is 0 Å². The summed E-state index contributed by atoms with van der Waals surface area (Å²) in [6, 6.07) is 0. The second-order valence-electron chi connectivity index (χ2n) is 9.05. The summed E-state index contributed by atoms with van der Waals surface area (Å²) in [5, 5.41) is 10.2. The minimum atomic E-state index is -0.679. The van der Waals surface area contributed by atoms with Crippen molar-refractivity contribution >= 4 is 11.6 Å². The number of hydrogen-bond acceptors (Lipinski definition) is 3. The zero-order chi connectivity index (χ0) is 15.7. The molecule has 1 spiro atoms. The summed E-state index contributed by atoms with van der Waals surface area (Å²) in [6.07, 6.45) is 3.82. The van der Waals surface area contributed by atoms with E-state index in [1.807, 2.05) is 6.92 Å². The number of ketones is 2. The van der Waals surface area contributed by atoms with Crippen molar-refractivity contribution in [2.24, 2.45) is 39.9 Å². The van der Waals surface area contributed by atoms with Crippen LogP contribution in [0, 0.1) is 39.9 Å². The zero-order valence-corrected chi connectivity index (χ0v) is 13.4. The molecule has 118 valence electrons. The van der Waals surface area contributed by atoms with Crippen LogP contribution in [0.2, 0.25) is 0 Å². The third-order valence-electron chi connectivity index (χ3n) is 8.66. The minimum absolute atomic E-state index is 0.0330. The highest BCUT2D eigenvalue weighted by molar-refractivity contribution is 6.22. The van der Waals surface area contributed by atoms with Gasteiger partial charge in [0.05, 0.1) is 11.5 Å². The Balaban J connectivity index is 1.64. The lowest BCUT2D eigenvalue weighted by atomic mass is 9.42. The van der Waals surface area contributed by atoms with E-state index in [0.717, 1.165) is 31.3 Å². The highest BCUT2D eigenvalue weighted by atomic mass is 16.3. The molecule has 0 radical (unpaired) electrons. The fraction of sp³-hybridized carbons (Fsp3) is 0.789. The smallest absolute Gasteiger partial charge is 0.153 e. The van der Waals surface area contributed by atoms with Gasteiger partial charge in [-0.3, -0.25) is 9.59 Å². The van der Waals surface area contributed by atoms with E-state index in [2.05, 4.69) is 13.5 Å². The van der Waals surface area contributed by atoms with Crippen LogP contribution in [0.3, 0.4) is 0 Å². The molecule has 0 aromatic heterocycles. The van der Waals surface area contributed by atoms with Gasteiger partial charge in [0, 0.05) is 11.3 Å². The van der Waals surface area contributed by atoms with E-state index < -0.39 is 11.5 Å². The van der Waals surface area contributed by atoms with Crippen molar-refractivity contribution in [3.05, 3.63) is 12.2 Å². The number of carbonyl (C=O) groups is 2. The van der Waals surface area contributed by atoms with Crippen LogP contribution in [-0.4, -0.2) is 22.8 Å². The molecule has 6 aliphatic carbocycles. The number of hydrogen-bond donors (Lipinski definition) is 1. The molecule has 6 rings (SSSR count). The van der Waals surface area contributed by atoms with Crippen molar-refractivity contribution in [2.45, 2.75) is 52.1 Å². The summed E-state index contributed by atoms with van der Waals surface area (Å²) in [6.45, 7) is 8.46. The van der Waals surface area contributed by atoms with Crippen molar-refractivity contribution in [3.63, 3.8) is 0 Å². The van der Waals surface area contributed by atoms with Gasteiger partial charge in [0.2, 0.25) is 0 Å². The molecule has 4 bridgehead atoms. The Bertz CT molecular complexity index is 651. The van der Waals surface area contributed by atoms with Crippen LogP contribution in [0.1, 0.15) is 46.0 Å². The number of carbonyl (C=O) groups excluding carboxylic acids is 2. The van der Waals surface area contributed by atoms with Crippen LogP contribution >= 0.6 is 0 Å². The molecule has 6 aliphatic rings. The maximum absolute atomic E-state index is 13.2. The van der Waals surface area contributed by atoms with Gasteiger partial charge >= 0.3 is 0 Å². The fourth-order valence-electron chi connectivity index (χ4n) is 7.41. The van der Waals surface area contributed by atoms with Crippen molar-refractivity contribution in [3.8, 4) is 0 Å². The molecule has 6 fully saturated rings. The van der Waals surface area contributed by atoms with Gasteiger partial charge in [-0.1, -0.05) is 20.4 Å². The van der Waals surface area contributed by atoms with Crippen LogP contribution in [0.4, 0.5) is 0 Å². The van der Waals surface area contributed by atoms with Crippen LogP contribution in [-0.2, 0) is 9.59 Å². The van der Waals surface area contributed by atoms with E-state index in [0.29, 0.717) is 12.3 Å². The monoisotopic (exact) mass is 300 g/mol. The van der Waals surface area contributed by atoms with Gasteiger partial charge in [-0.05, 0) is 60.8 Å². The predicted molar refractivity (Wildman–Crippen MR) is 80.9 cm³/mol. The summed E-state index contributed by atoms with van der Waals surface area (Å²) >= 11 is 0. The molecule has 0 saturated heterocycles. The number of aliphatic hydroxyl groups excluding tert-OH is 1. The molecule has 22 heavy (non-hydrogen) atoms. The maximum atomic E-state index is 13.2. The van der Waals surface area contributed by atoms with Gasteiger partial charge in [-0.2, -0.15) is 0 Å². The SMILES string of the molecule is C=C1[C@H]2CC[C@@]34C(=O)C5[C@H](C[C@H]3[C@]2(C)CC[C@@H]1O)[C@@]5(C)C4=O. The fourth-order valence-corrected chi connectivity index (χ4v) is 7.41. The summed E-state index contributed by atoms with van der Waals surface area (Å²) in [7, 11) is 0. The molecule has 0 aliphatic heterocycles. The quantitative estimate of drug-likeness (QED) is 0.552. The molecule has 3 nitrogen and oxygen atoms in total. The first kappa shape index (κ1) is 13.5. The Kier molecular flexibility index (Phi) is 2.10. The molecule has 0 amide bonds. The minimum Gasteiger partial charge on any atom is -0.389 e. The van der Waals surface area contributed by atoms with Crippen LogP contribution < -0.4 is 0 Å². The number of aliphatic hydroxyl groups is 1. The highest BCUT2D eigenvalue weighted by Crippen LogP contribution is 2.81. The maximum Gasteiger partial charge on any atom is 0.153 e. The summed E-state index contributed by atoms with van der Waals surface area (Å²) in [5.41, 5.74) is -0.0813. The second-order valence-corrected chi connectivity index (χ2v) is 9.05. The first-order valence-corrected chi connectivity index (χ1v) is 8.75. The van der Waals surface area contributed by atoms with Gasteiger partial charge < -0.3 is 5.11 Å². The Morgan fingerprint density at radius 1 is 1.18 bits per heavy atom. The third kappa shape index (κ3) is 1.04. The number of Topliss-reactive ketones (excluding diaryl/α,β-unsaturated/α-hetero) is 2. The third-order valence-corrected chi connectivity index (χ3v) is 8.66. The lowest BCUT2D eigenvalue weighted by Gasteiger charge is -2.60. The van der Waals surface area contributed by atoms with Gasteiger partial charge in [0.15, 0.2) is 11.6 Å². The van der Waals surface area contributed by atoms with Crippen molar-refractivity contribution in [1.29, 1.82) is 0 Å². The van der Waals surface area contributed by atoms with E-state index in [-0.39, 0.29) is 40.2 Å². The molecule has 1 N–H and O–H groups in total. The molecular formula is C19H24O3. The molecule has 0 aromatic rings. The Labute approximate surface area is 131 Å². The predicted octanol–water partition coefficient (Wildman–Crippen LogP) is 2.52. The van der Waals surface area contributed by atoms with Gasteiger partial charge in [-0.15, -0.1) is 0 Å². The Morgan fingerprint density at radius 2 is 1.91 bits per heavy atom. The van der Waals surface area contributed by atoms with Crippen LogP contribution in [0.15, 0.2) is 12.2 Å². The lowest BCUT2D eigenvalue weighted by molar-refractivity contribution is -0.167. The van der Waals surface area contributed by atoms with Crippen LogP contribution in [0.25, 0.3) is 0 Å². The van der Waals surface area contributed by atoms with Gasteiger partial charge in [0.25, 0.3) is 0 Å². The van der Waals surface area contributed by atoms with E-state index in [1.54, 1.807) is 0 Å². The van der Waals surface area contributed by atoms with Crippen LogP contribution in [0.5, 0.6) is 0 Å². The molecule has 6 saturated carbocycles. The zero-order valence-electron chi connectivity index (χ0n) is 13.4. The summed E-state index contributed by atoms with van der Waals surface area (Å²) in [5.74, 6) is 1.34. The first-order valence-electron chi connectivity index (χ1n) is 8.75. The lowest BCUT2D eigenvalue weighted by Crippen LogP contribution is -2.61. The molecule has 0 aromatic carbocycles. The Morgan fingerprint density at radius 3 is 2.55 bits per heavy atom. The molecule has 1 unspecified atom stereocenters. The summed E-state index contributed by atoms with van der Waals surface area (Å²) < 4.78 is 0. The van der Waals surface area contributed by atoms with Crippen molar-refractivity contribution in [1.82, 2.24) is 0 Å². The van der Waals surface area contributed by atoms with E-state index in [4.69, 9.17) is 0 Å². The topological polar surface area (TPSA) is 54.4 Å². The van der Waals surface area contributed by atoms with E-state index >= 15 is 0 Å². The number of fused-ring (bicyclic) bond motifs is 1. The molecule has 3 heteroatoms. The van der Waals surface area contributed by atoms with Gasteiger partial charge in [0.1, 0.15) is 0 Å². The molecular weight excluding hydrogens is 276 g/mol. The highest BCUT2D eigenvalue weighted by Gasteiger charge is 2.87. The van der Waals surface area contributed by atoms with Crippen molar-refractivity contribution < 1.29 is 14.7 Å². The largest absolute Gasteiger partial charge is 0.389 e. The van der Waals surface area contributed by atoms with E-state index in [9.17, 15) is 14.7 Å². The normalized spacial score (nSPS) is 61.8. The standard InChI is InChI=1S/C19H24O3/c1-9-10-4-7-19-13(17(10,2)6-5-12(9)20)8-11-14(15(19)21)18(11,3)16(19)22/h10-14,20H,1,4-8H2,2-3H3/t10-,11+,12+,13+,14?,17-,18-,19+/m1/s1. The number of rotatable bonds is 0. The van der Waals surface area contributed by atoms with Crippen molar-refractivity contribution in [2.75, 3.05) is 0 Å². The van der Waals surface area contributed by atoms with E-state index in [1.165, 1.54) is 0 Å². The second kappa shape index (κ2) is 3.43. The average molecular weight is 300 g/mol. The summed E-state index contributed by atoms with van der Waals surface area (Å²) in [4.78, 5) is 26.2. The first-order chi connectivity index (χ1) is 10.3. The average Bonchev–Trinajstić information content (AvgIpc) is 3.07. The molecule has 8 atom stereocenters. The Hall–Kier alpha value is -0.960. The molecule has 0 heterocycles.